The molecule has 0 atom stereocenters. The second-order valence-corrected chi connectivity index (χ2v) is 7.11. The Morgan fingerprint density at radius 1 is 1.29 bits per heavy atom. The molecule has 3 nitrogen and oxygen atoms in total. The molecule has 1 aromatic heterocycles. The molecule has 1 aromatic carbocycles. The van der Waals surface area contributed by atoms with Crippen molar-refractivity contribution in [3.05, 3.63) is 57.3 Å². The Morgan fingerprint density at radius 2 is 1.95 bits per heavy atom. The summed E-state index contributed by atoms with van der Waals surface area (Å²) in [5.74, 6) is -0.848. The van der Waals surface area contributed by atoms with Crippen molar-refractivity contribution < 1.29 is 9.90 Å². The third-order valence-corrected chi connectivity index (χ3v) is 4.75. The molecule has 0 bridgehead atoms. The van der Waals surface area contributed by atoms with Crippen molar-refractivity contribution in [3.8, 4) is 0 Å². The number of benzene rings is 1. The van der Waals surface area contributed by atoms with Crippen LogP contribution in [-0.2, 0) is 12.0 Å². The minimum atomic E-state index is -0.848. The molecule has 0 saturated heterocycles. The number of nitrogens with one attached hydrogen (secondary N) is 1. The second-order valence-electron chi connectivity index (χ2n) is 5.85. The van der Waals surface area contributed by atoms with Crippen molar-refractivity contribution in [1.82, 2.24) is 5.32 Å². The lowest BCUT2D eigenvalue weighted by molar-refractivity contribution is 0.0702. The van der Waals surface area contributed by atoms with Crippen LogP contribution in [0.15, 0.2) is 36.4 Å². The van der Waals surface area contributed by atoms with E-state index in [9.17, 15) is 4.79 Å². The minimum absolute atomic E-state index is 0.0425. The van der Waals surface area contributed by atoms with Gasteiger partial charge in [-0.05, 0) is 24.1 Å². The number of hydrogen-bond donors (Lipinski definition) is 2. The fraction of sp³-hybridized carbons (Fsp3) is 0.353. The Morgan fingerprint density at radius 3 is 2.52 bits per heavy atom. The molecular formula is C17H21NO2S. The molecule has 0 aliphatic rings. The van der Waals surface area contributed by atoms with Gasteiger partial charge in [0, 0.05) is 23.4 Å². The third kappa shape index (κ3) is 3.93. The van der Waals surface area contributed by atoms with E-state index in [2.05, 4.69) is 43.4 Å². The SMILES string of the molecule is Cc1sc(C(=O)O)cc1CNCC(C)(C)c1ccccc1. The van der Waals surface area contributed by atoms with Crippen molar-refractivity contribution in [3.63, 3.8) is 0 Å². The highest BCUT2D eigenvalue weighted by Crippen LogP contribution is 2.24. The van der Waals surface area contributed by atoms with E-state index in [4.69, 9.17) is 5.11 Å². The lowest BCUT2D eigenvalue weighted by Gasteiger charge is -2.25. The zero-order valence-corrected chi connectivity index (χ0v) is 13.5. The quantitative estimate of drug-likeness (QED) is 0.853. The lowest BCUT2D eigenvalue weighted by Crippen LogP contribution is -2.32. The molecule has 0 unspecified atom stereocenters. The van der Waals surface area contributed by atoms with E-state index in [1.807, 2.05) is 13.0 Å². The molecule has 2 N–H and O–H groups in total. The molecule has 0 aliphatic heterocycles. The van der Waals surface area contributed by atoms with Crippen LogP contribution in [0, 0.1) is 6.92 Å². The van der Waals surface area contributed by atoms with Gasteiger partial charge in [-0.1, -0.05) is 44.2 Å². The standard InChI is InChI=1S/C17H21NO2S/c1-12-13(9-15(21-12)16(19)20)10-18-11-17(2,3)14-7-5-4-6-8-14/h4-9,18H,10-11H2,1-3H3,(H,19,20). The van der Waals surface area contributed by atoms with Gasteiger partial charge in [0.1, 0.15) is 4.88 Å². The van der Waals surface area contributed by atoms with Crippen molar-refractivity contribution >= 4 is 17.3 Å². The van der Waals surface area contributed by atoms with Gasteiger partial charge < -0.3 is 10.4 Å². The molecule has 2 aromatic rings. The maximum absolute atomic E-state index is 11.0. The number of carboxylic acid groups (broad SMARTS) is 1. The Balaban J connectivity index is 1.97. The van der Waals surface area contributed by atoms with Crippen LogP contribution >= 0.6 is 11.3 Å². The first-order chi connectivity index (χ1) is 9.90. The summed E-state index contributed by atoms with van der Waals surface area (Å²) >= 11 is 1.34. The van der Waals surface area contributed by atoms with Gasteiger partial charge in [-0.2, -0.15) is 0 Å². The second kappa shape index (κ2) is 6.41. The summed E-state index contributed by atoms with van der Waals surface area (Å²) in [6.45, 7) is 7.92. The van der Waals surface area contributed by atoms with Crippen molar-refractivity contribution in [2.45, 2.75) is 32.7 Å². The normalized spacial score (nSPS) is 11.6. The molecule has 0 amide bonds. The molecule has 112 valence electrons. The lowest BCUT2D eigenvalue weighted by atomic mass is 9.84. The van der Waals surface area contributed by atoms with Crippen LogP contribution in [0.2, 0.25) is 0 Å². The molecule has 1 heterocycles. The van der Waals surface area contributed by atoms with Crippen LogP contribution in [-0.4, -0.2) is 17.6 Å². The number of rotatable bonds is 6. The number of thiophene rings is 1. The maximum Gasteiger partial charge on any atom is 0.345 e. The zero-order valence-electron chi connectivity index (χ0n) is 12.6. The van der Waals surface area contributed by atoms with E-state index in [1.165, 1.54) is 16.9 Å². The predicted octanol–water partition coefficient (Wildman–Crippen LogP) is 3.82. The summed E-state index contributed by atoms with van der Waals surface area (Å²) in [5, 5.41) is 12.5. The smallest absolute Gasteiger partial charge is 0.345 e. The highest BCUT2D eigenvalue weighted by Gasteiger charge is 2.20. The largest absolute Gasteiger partial charge is 0.477 e. The van der Waals surface area contributed by atoms with E-state index in [0.717, 1.165) is 17.0 Å². The van der Waals surface area contributed by atoms with E-state index >= 15 is 0 Å². The first kappa shape index (κ1) is 15.7. The summed E-state index contributed by atoms with van der Waals surface area (Å²) < 4.78 is 0. The molecular weight excluding hydrogens is 282 g/mol. The summed E-state index contributed by atoms with van der Waals surface area (Å²) in [5.41, 5.74) is 2.41. The monoisotopic (exact) mass is 303 g/mol. The molecule has 0 saturated carbocycles. The minimum Gasteiger partial charge on any atom is -0.477 e. The number of carbonyl (C=O) groups is 1. The molecule has 0 radical (unpaired) electrons. The van der Waals surface area contributed by atoms with Crippen LogP contribution in [0.1, 0.15) is 39.5 Å². The van der Waals surface area contributed by atoms with E-state index in [1.54, 1.807) is 6.07 Å². The predicted molar refractivity (Wildman–Crippen MR) is 87.2 cm³/mol. The van der Waals surface area contributed by atoms with Crippen molar-refractivity contribution in [2.24, 2.45) is 0 Å². The van der Waals surface area contributed by atoms with Crippen LogP contribution in [0.5, 0.6) is 0 Å². The van der Waals surface area contributed by atoms with E-state index in [-0.39, 0.29) is 5.41 Å². The van der Waals surface area contributed by atoms with Crippen LogP contribution in [0.4, 0.5) is 0 Å². The van der Waals surface area contributed by atoms with Crippen LogP contribution in [0.25, 0.3) is 0 Å². The molecule has 0 aliphatic carbocycles. The molecule has 0 fully saturated rings. The van der Waals surface area contributed by atoms with Gasteiger partial charge in [0.05, 0.1) is 0 Å². The molecule has 21 heavy (non-hydrogen) atoms. The summed E-state index contributed by atoms with van der Waals surface area (Å²) in [7, 11) is 0. The van der Waals surface area contributed by atoms with Gasteiger partial charge in [0.2, 0.25) is 0 Å². The Bertz CT molecular complexity index is 617. The van der Waals surface area contributed by atoms with Gasteiger partial charge in [0.15, 0.2) is 0 Å². The Kier molecular flexibility index (Phi) is 4.80. The van der Waals surface area contributed by atoms with Gasteiger partial charge >= 0.3 is 5.97 Å². The molecule has 0 spiro atoms. The fourth-order valence-corrected chi connectivity index (χ4v) is 3.18. The topological polar surface area (TPSA) is 49.3 Å². The summed E-state index contributed by atoms with van der Waals surface area (Å²) in [6.07, 6.45) is 0. The summed E-state index contributed by atoms with van der Waals surface area (Å²) in [4.78, 5) is 12.5. The van der Waals surface area contributed by atoms with E-state index in [0.29, 0.717) is 11.4 Å². The van der Waals surface area contributed by atoms with Gasteiger partial charge in [-0.15, -0.1) is 11.3 Å². The number of carboxylic acids is 1. The molecule has 2 rings (SSSR count). The van der Waals surface area contributed by atoms with Crippen LogP contribution in [0.3, 0.4) is 0 Å². The first-order valence-corrected chi connectivity index (χ1v) is 7.80. The zero-order chi connectivity index (χ0) is 15.5. The van der Waals surface area contributed by atoms with Gasteiger partial charge in [-0.3, -0.25) is 0 Å². The van der Waals surface area contributed by atoms with Crippen molar-refractivity contribution in [1.29, 1.82) is 0 Å². The third-order valence-electron chi connectivity index (χ3n) is 3.67. The maximum atomic E-state index is 11.0. The van der Waals surface area contributed by atoms with E-state index < -0.39 is 5.97 Å². The highest BCUT2D eigenvalue weighted by molar-refractivity contribution is 7.14. The number of aromatic carboxylic acids is 1. The van der Waals surface area contributed by atoms with Crippen LogP contribution < -0.4 is 5.32 Å². The Hall–Kier alpha value is -1.65. The Labute approximate surface area is 129 Å². The van der Waals surface area contributed by atoms with Crippen molar-refractivity contribution in [2.75, 3.05) is 6.54 Å². The highest BCUT2D eigenvalue weighted by atomic mass is 32.1. The van der Waals surface area contributed by atoms with Gasteiger partial charge in [0.25, 0.3) is 0 Å². The average molecular weight is 303 g/mol. The number of aryl methyl sites for hydroxylation is 1. The van der Waals surface area contributed by atoms with Gasteiger partial charge in [-0.25, -0.2) is 4.79 Å². The average Bonchev–Trinajstić information content (AvgIpc) is 2.81. The number of hydrogen-bond acceptors (Lipinski definition) is 3. The summed E-state index contributed by atoms with van der Waals surface area (Å²) in [6, 6.07) is 12.2. The molecule has 4 heteroatoms. The first-order valence-electron chi connectivity index (χ1n) is 6.99. The fourth-order valence-electron chi connectivity index (χ4n) is 2.30.